The molecule has 0 atom stereocenters. The van der Waals surface area contributed by atoms with E-state index in [-0.39, 0.29) is 17.4 Å². The summed E-state index contributed by atoms with van der Waals surface area (Å²) in [6.45, 7) is 0.377. The maximum absolute atomic E-state index is 11.3. The van der Waals surface area contributed by atoms with Gasteiger partial charge >= 0.3 is 16.1 Å². The molecule has 0 radical (unpaired) electrons. The minimum atomic E-state index is -3.75. The van der Waals surface area contributed by atoms with E-state index in [2.05, 4.69) is 41.2 Å². The van der Waals surface area contributed by atoms with Gasteiger partial charge in [0.15, 0.2) is 11.5 Å². The Morgan fingerprint density at radius 1 is 1.38 bits per heavy atom. The zero-order chi connectivity index (χ0) is 17.3. The lowest BCUT2D eigenvalue weighted by Gasteiger charge is -2.09. The van der Waals surface area contributed by atoms with Gasteiger partial charge in [0.25, 0.3) is 0 Å². The van der Waals surface area contributed by atoms with Crippen molar-refractivity contribution < 1.29 is 17.7 Å². The first kappa shape index (κ1) is 16.5. The van der Waals surface area contributed by atoms with Crippen molar-refractivity contribution in [3.63, 3.8) is 0 Å². The van der Waals surface area contributed by atoms with E-state index in [0.717, 1.165) is 11.8 Å². The maximum atomic E-state index is 11.3. The van der Waals surface area contributed by atoms with E-state index in [4.69, 9.17) is 4.18 Å². The van der Waals surface area contributed by atoms with Gasteiger partial charge in [-0.25, -0.2) is 4.98 Å². The zero-order valence-electron chi connectivity index (χ0n) is 12.3. The number of phenols is 1. The fourth-order valence-electron chi connectivity index (χ4n) is 1.96. The molecule has 9 nitrogen and oxygen atoms in total. The van der Waals surface area contributed by atoms with Crippen LogP contribution in [0.25, 0.3) is 11.2 Å². The highest BCUT2D eigenvalue weighted by Crippen LogP contribution is 2.25. The van der Waals surface area contributed by atoms with Crippen molar-refractivity contribution in [2.24, 2.45) is 0 Å². The van der Waals surface area contributed by atoms with Crippen LogP contribution in [0.4, 0.5) is 5.82 Å². The molecular weight excluding hydrogens is 402 g/mol. The van der Waals surface area contributed by atoms with Crippen LogP contribution in [-0.2, 0) is 16.7 Å². The number of rotatable bonds is 5. The van der Waals surface area contributed by atoms with Gasteiger partial charge in [-0.1, -0.05) is 6.07 Å². The Labute approximate surface area is 145 Å². The molecule has 24 heavy (non-hydrogen) atoms. The highest BCUT2D eigenvalue weighted by atomic mass is 79.9. The molecule has 0 unspecified atom stereocenters. The Balaban J connectivity index is 1.89. The quantitative estimate of drug-likeness (QED) is 0.539. The number of nitrogens with one attached hydrogen (secondary N) is 2. The third-order valence-corrected chi connectivity index (χ3v) is 4.05. The summed E-state index contributed by atoms with van der Waals surface area (Å²) in [5.41, 5.74) is 1.67. The predicted molar refractivity (Wildman–Crippen MR) is 90.3 cm³/mol. The smallest absolute Gasteiger partial charge is 0.337 e. The van der Waals surface area contributed by atoms with Gasteiger partial charge in [0.05, 0.1) is 17.1 Å². The second-order valence-electron chi connectivity index (χ2n) is 4.88. The van der Waals surface area contributed by atoms with Gasteiger partial charge in [-0.15, -0.1) is 0 Å². The average molecular weight is 414 g/mol. The number of phenolic OH excluding ortho intramolecular Hbond substituents is 1. The fourth-order valence-corrected chi connectivity index (χ4v) is 2.73. The summed E-state index contributed by atoms with van der Waals surface area (Å²) in [6, 6.07) is 4.74. The first-order valence-electron chi connectivity index (χ1n) is 6.64. The van der Waals surface area contributed by atoms with E-state index in [1.807, 2.05) is 0 Å². The summed E-state index contributed by atoms with van der Waals surface area (Å²) < 4.78 is 27.8. The molecule has 2 aromatic heterocycles. The molecule has 0 aliphatic carbocycles. The molecule has 3 rings (SSSR count). The number of nitrogens with zero attached hydrogens (tertiary/aromatic N) is 3. The lowest BCUT2D eigenvalue weighted by molar-refractivity contribution is 0.471. The highest BCUT2D eigenvalue weighted by molar-refractivity contribution is 9.10. The Hall–Kier alpha value is -2.40. The molecule has 0 aliphatic heterocycles. The largest absolute Gasteiger partial charge is 0.507 e. The van der Waals surface area contributed by atoms with Crippen LogP contribution in [0.15, 0.2) is 29.0 Å². The number of imidazole rings is 1. The first-order valence-corrected chi connectivity index (χ1v) is 9.24. The topological polar surface area (TPSA) is 130 Å². The average Bonchev–Trinajstić information content (AvgIpc) is 2.95. The molecule has 0 saturated carbocycles. The minimum Gasteiger partial charge on any atom is -0.507 e. The van der Waals surface area contributed by atoms with Gasteiger partial charge in [0, 0.05) is 6.54 Å². The van der Waals surface area contributed by atoms with Crippen LogP contribution in [0.3, 0.4) is 0 Å². The molecule has 0 bridgehead atoms. The van der Waals surface area contributed by atoms with Crippen LogP contribution in [0.5, 0.6) is 11.8 Å². The van der Waals surface area contributed by atoms with E-state index in [0.29, 0.717) is 22.4 Å². The number of benzene rings is 1. The Morgan fingerprint density at radius 2 is 2.17 bits per heavy atom. The molecule has 11 heteroatoms. The zero-order valence-corrected chi connectivity index (χ0v) is 14.7. The normalized spacial score (nSPS) is 11.6. The standard InChI is InChI=1S/C13H12BrN5O4S/c1-24(21,22)23-13-18-11(10-12(19-13)17-6-16-10)15-5-7-2-3-9(20)8(14)4-7/h2-4,6,20H,5H2,1H3,(H2,15,16,17,18,19). The second-order valence-corrected chi connectivity index (χ2v) is 7.31. The highest BCUT2D eigenvalue weighted by Gasteiger charge is 2.14. The molecule has 0 fully saturated rings. The minimum absolute atomic E-state index is 0.139. The van der Waals surface area contributed by atoms with Crippen molar-refractivity contribution in [2.45, 2.75) is 6.54 Å². The van der Waals surface area contributed by atoms with E-state index in [9.17, 15) is 13.5 Å². The van der Waals surface area contributed by atoms with Gasteiger partial charge in [0.1, 0.15) is 11.3 Å². The van der Waals surface area contributed by atoms with Crippen molar-refractivity contribution in [1.29, 1.82) is 0 Å². The number of halogens is 1. The van der Waals surface area contributed by atoms with E-state index < -0.39 is 10.1 Å². The van der Waals surface area contributed by atoms with Crippen LogP contribution in [0.2, 0.25) is 0 Å². The molecular formula is C13H12BrN5O4S. The molecule has 1 aromatic carbocycles. The lowest BCUT2D eigenvalue weighted by Crippen LogP contribution is -2.10. The first-order chi connectivity index (χ1) is 11.3. The van der Waals surface area contributed by atoms with Gasteiger partial charge in [-0.2, -0.15) is 18.4 Å². The Kier molecular flexibility index (Phi) is 4.28. The number of hydrogen-bond donors (Lipinski definition) is 3. The van der Waals surface area contributed by atoms with Crippen molar-refractivity contribution in [1.82, 2.24) is 19.9 Å². The van der Waals surface area contributed by atoms with Crippen molar-refractivity contribution in [3.05, 3.63) is 34.6 Å². The molecule has 0 saturated heterocycles. The van der Waals surface area contributed by atoms with E-state index in [1.54, 1.807) is 18.2 Å². The van der Waals surface area contributed by atoms with Crippen LogP contribution >= 0.6 is 15.9 Å². The number of aromatic hydroxyl groups is 1. The molecule has 0 spiro atoms. The predicted octanol–water partition coefficient (Wildman–Crippen LogP) is 1.77. The molecule has 2 heterocycles. The molecule has 0 aliphatic rings. The summed E-state index contributed by atoms with van der Waals surface area (Å²) in [5, 5.41) is 12.6. The van der Waals surface area contributed by atoms with Gasteiger partial charge in [-0.3, -0.25) is 0 Å². The van der Waals surface area contributed by atoms with Crippen LogP contribution in [0, 0.1) is 0 Å². The van der Waals surface area contributed by atoms with Crippen molar-refractivity contribution >= 4 is 43.0 Å². The SMILES string of the molecule is CS(=O)(=O)Oc1nc(NCc2ccc(O)c(Br)c2)c2[nH]cnc2n1. The fraction of sp³-hybridized carbons (Fsp3) is 0.154. The number of fused-ring (bicyclic) bond motifs is 1. The summed E-state index contributed by atoms with van der Waals surface area (Å²) in [4.78, 5) is 14.9. The van der Waals surface area contributed by atoms with Crippen LogP contribution in [0.1, 0.15) is 5.56 Å². The van der Waals surface area contributed by atoms with Crippen LogP contribution < -0.4 is 9.50 Å². The number of aromatic nitrogens is 4. The van der Waals surface area contributed by atoms with Crippen molar-refractivity contribution in [2.75, 3.05) is 11.6 Å². The van der Waals surface area contributed by atoms with E-state index >= 15 is 0 Å². The summed E-state index contributed by atoms with van der Waals surface area (Å²) in [7, 11) is -3.75. The number of anilines is 1. The number of aromatic amines is 1. The second kappa shape index (κ2) is 6.24. The molecule has 3 N–H and O–H groups in total. The molecule has 0 amide bonds. The lowest BCUT2D eigenvalue weighted by atomic mass is 10.2. The Bertz CT molecular complexity index is 1000. The van der Waals surface area contributed by atoms with Crippen LogP contribution in [-0.4, -0.2) is 39.7 Å². The molecule has 126 valence electrons. The summed E-state index contributed by atoms with van der Waals surface area (Å²) >= 11 is 3.24. The maximum Gasteiger partial charge on any atom is 0.337 e. The van der Waals surface area contributed by atoms with E-state index in [1.165, 1.54) is 6.33 Å². The van der Waals surface area contributed by atoms with Gasteiger partial charge < -0.3 is 19.6 Å². The van der Waals surface area contributed by atoms with Gasteiger partial charge in [0.2, 0.25) is 0 Å². The number of hydrogen-bond acceptors (Lipinski definition) is 8. The third kappa shape index (κ3) is 3.74. The Morgan fingerprint density at radius 3 is 2.88 bits per heavy atom. The van der Waals surface area contributed by atoms with Crippen molar-refractivity contribution in [3.8, 4) is 11.8 Å². The summed E-state index contributed by atoms with van der Waals surface area (Å²) in [5.74, 6) is 0.487. The number of H-pyrrole nitrogens is 1. The summed E-state index contributed by atoms with van der Waals surface area (Å²) in [6.07, 6.45) is 2.33. The van der Waals surface area contributed by atoms with Gasteiger partial charge in [-0.05, 0) is 33.6 Å². The third-order valence-electron chi connectivity index (χ3n) is 2.96. The molecule has 3 aromatic rings. The monoisotopic (exact) mass is 413 g/mol.